The number of hydrogen-bond acceptors (Lipinski definition) is 5. The number of aromatic nitrogens is 2. The summed E-state index contributed by atoms with van der Waals surface area (Å²) in [5, 5.41) is 3.25. The van der Waals surface area contributed by atoms with Gasteiger partial charge in [0.2, 0.25) is 0 Å². The maximum atomic E-state index is 11.4. The lowest BCUT2D eigenvalue weighted by Crippen LogP contribution is -2.19. The van der Waals surface area contributed by atoms with Crippen molar-refractivity contribution < 1.29 is 9.53 Å². The van der Waals surface area contributed by atoms with Crippen LogP contribution in [0.25, 0.3) is 0 Å². The Kier molecular flexibility index (Phi) is 5.28. The highest BCUT2D eigenvalue weighted by atomic mass is 16.5. The number of esters is 1. The van der Waals surface area contributed by atoms with Crippen LogP contribution in [-0.2, 0) is 17.9 Å². The minimum absolute atomic E-state index is 0.147. The van der Waals surface area contributed by atoms with Gasteiger partial charge in [-0.25, -0.2) is 4.98 Å². The molecule has 2 N–H and O–H groups in total. The van der Waals surface area contributed by atoms with Crippen LogP contribution in [0.4, 0.5) is 0 Å². The Balaban J connectivity index is 2.03. The van der Waals surface area contributed by atoms with Gasteiger partial charge >= 0.3 is 5.97 Å². The van der Waals surface area contributed by atoms with E-state index in [0.717, 1.165) is 16.7 Å². The molecule has 2 rings (SSSR count). The van der Waals surface area contributed by atoms with E-state index in [2.05, 4.69) is 15.3 Å². The van der Waals surface area contributed by atoms with Crippen LogP contribution in [-0.4, -0.2) is 15.9 Å². The van der Waals surface area contributed by atoms with Crippen molar-refractivity contribution in [3.63, 3.8) is 0 Å². The molecule has 0 aliphatic carbocycles. The first kappa shape index (κ1) is 16.9. The Morgan fingerprint density at radius 2 is 1.83 bits per heavy atom. The van der Waals surface area contributed by atoms with E-state index >= 15 is 0 Å². The zero-order valence-corrected chi connectivity index (χ0v) is 13.8. The number of aryl methyl sites for hydroxylation is 3. The molecule has 0 bridgehead atoms. The number of H-pyrrole nitrogens is 1. The van der Waals surface area contributed by atoms with Crippen LogP contribution in [0.15, 0.2) is 23.0 Å². The molecule has 23 heavy (non-hydrogen) atoms. The van der Waals surface area contributed by atoms with Gasteiger partial charge in [-0.15, -0.1) is 0 Å². The van der Waals surface area contributed by atoms with Gasteiger partial charge in [-0.2, -0.15) is 0 Å². The highest BCUT2D eigenvalue weighted by Crippen LogP contribution is 2.25. The van der Waals surface area contributed by atoms with Crippen LogP contribution in [0.5, 0.6) is 5.75 Å². The smallest absolute Gasteiger partial charge is 0.308 e. The second kappa shape index (κ2) is 7.19. The third-order valence-electron chi connectivity index (χ3n) is 3.31. The zero-order valence-electron chi connectivity index (χ0n) is 13.8. The second-order valence-corrected chi connectivity index (χ2v) is 5.59. The highest BCUT2D eigenvalue weighted by molar-refractivity contribution is 5.70. The summed E-state index contributed by atoms with van der Waals surface area (Å²) in [4.78, 5) is 29.5. The molecule has 0 atom stereocenters. The molecule has 0 saturated heterocycles. The highest BCUT2D eigenvalue weighted by Gasteiger charge is 2.09. The summed E-state index contributed by atoms with van der Waals surface area (Å²) in [7, 11) is 0. The summed E-state index contributed by atoms with van der Waals surface area (Å²) in [5.41, 5.74) is 3.46. The van der Waals surface area contributed by atoms with Gasteiger partial charge in [0.05, 0.1) is 6.54 Å². The van der Waals surface area contributed by atoms with Crippen LogP contribution < -0.4 is 15.6 Å². The predicted molar refractivity (Wildman–Crippen MR) is 87.4 cm³/mol. The first-order chi connectivity index (χ1) is 10.8. The van der Waals surface area contributed by atoms with Crippen LogP contribution in [0.2, 0.25) is 0 Å². The predicted octanol–water partition coefficient (Wildman–Crippen LogP) is 1.91. The molecule has 1 aromatic carbocycles. The average Bonchev–Trinajstić information content (AvgIpc) is 2.41. The van der Waals surface area contributed by atoms with E-state index in [-0.39, 0.29) is 11.5 Å². The van der Waals surface area contributed by atoms with E-state index in [1.165, 1.54) is 13.0 Å². The molecule has 0 fully saturated rings. The zero-order chi connectivity index (χ0) is 17.0. The molecule has 0 amide bonds. The van der Waals surface area contributed by atoms with Crippen molar-refractivity contribution in [1.82, 2.24) is 15.3 Å². The molecule has 1 aromatic heterocycles. The van der Waals surface area contributed by atoms with Crippen LogP contribution >= 0.6 is 0 Å². The molecule has 122 valence electrons. The number of benzene rings is 1. The van der Waals surface area contributed by atoms with Crippen molar-refractivity contribution >= 4 is 5.97 Å². The van der Waals surface area contributed by atoms with Gasteiger partial charge in [0.1, 0.15) is 11.6 Å². The largest absolute Gasteiger partial charge is 0.426 e. The van der Waals surface area contributed by atoms with Crippen molar-refractivity contribution in [3.05, 3.63) is 56.8 Å². The third kappa shape index (κ3) is 4.75. The lowest BCUT2D eigenvalue weighted by Gasteiger charge is -2.12. The standard InChI is InChI=1S/C17H21N3O3/c1-10-5-14(6-11(2)17(10)23-13(4)21)8-18-9-15-19-12(3)7-16(22)20-15/h5-7,18H,8-9H2,1-4H3,(H,19,20,22). The molecule has 0 radical (unpaired) electrons. The number of ether oxygens (including phenoxy) is 1. The molecule has 0 unspecified atom stereocenters. The molecular formula is C17H21N3O3. The van der Waals surface area contributed by atoms with Crippen molar-refractivity contribution in [1.29, 1.82) is 0 Å². The number of aromatic amines is 1. The molecular weight excluding hydrogens is 294 g/mol. The molecule has 0 aliphatic rings. The number of carbonyl (C=O) groups is 1. The SMILES string of the molecule is CC(=O)Oc1c(C)cc(CNCc2nc(C)cc(=O)[nH]2)cc1C. The molecule has 2 aromatic rings. The normalized spacial score (nSPS) is 10.6. The fourth-order valence-electron chi connectivity index (χ4n) is 2.50. The summed E-state index contributed by atoms with van der Waals surface area (Å²) >= 11 is 0. The first-order valence-corrected chi connectivity index (χ1v) is 7.41. The number of nitrogens with zero attached hydrogens (tertiary/aromatic N) is 1. The maximum Gasteiger partial charge on any atom is 0.308 e. The van der Waals surface area contributed by atoms with E-state index in [1.54, 1.807) is 6.92 Å². The van der Waals surface area contributed by atoms with Crippen molar-refractivity contribution in [2.45, 2.75) is 40.8 Å². The van der Waals surface area contributed by atoms with E-state index in [4.69, 9.17) is 4.74 Å². The fraction of sp³-hybridized carbons (Fsp3) is 0.353. The fourth-order valence-corrected chi connectivity index (χ4v) is 2.50. The molecule has 0 saturated carbocycles. The number of hydrogen-bond donors (Lipinski definition) is 2. The number of rotatable bonds is 5. The Labute approximate surface area is 134 Å². The minimum Gasteiger partial charge on any atom is -0.426 e. The van der Waals surface area contributed by atoms with Gasteiger partial charge < -0.3 is 15.0 Å². The lowest BCUT2D eigenvalue weighted by molar-refractivity contribution is -0.131. The molecule has 0 aliphatic heterocycles. The van der Waals surface area contributed by atoms with Gasteiger partial charge in [-0.1, -0.05) is 12.1 Å². The monoisotopic (exact) mass is 315 g/mol. The van der Waals surface area contributed by atoms with Gasteiger partial charge in [0.25, 0.3) is 5.56 Å². The molecule has 6 nitrogen and oxygen atoms in total. The van der Waals surface area contributed by atoms with Crippen LogP contribution in [0.1, 0.15) is 35.1 Å². The first-order valence-electron chi connectivity index (χ1n) is 7.41. The van der Waals surface area contributed by atoms with Gasteiger partial charge in [-0.3, -0.25) is 9.59 Å². The van der Waals surface area contributed by atoms with Gasteiger partial charge in [0.15, 0.2) is 0 Å². The summed E-state index contributed by atoms with van der Waals surface area (Å²) in [6, 6.07) is 5.42. The van der Waals surface area contributed by atoms with E-state index in [9.17, 15) is 9.59 Å². The summed E-state index contributed by atoms with van der Waals surface area (Å²) in [5.74, 6) is 0.905. The Hall–Kier alpha value is -2.47. The van der Waals surface area contributed by atoms with Gasteiger partial charge in [-0.05, 0) is 37.5 Å². The molecule has 1 heterocycles. The van der Waals surface area contributed by atoms with Gasteiger partial charge in [0, 0.05) is 25.2 Å². The maximum absolute atomic E-state index is 11.4. The summed E-state index contributed by atoms with van der Waals surface area (Å²) in [6.45, 7) is 8.10. The van der Waals surface area contributed by atoms with Crippen molar-refractivity contribution in [2.24, 2.45) is 0 Å². The Bertz CT molecular complexity index is 758. The Morgan fingerprint density at radius 3 is 2.39 bits per heavy atom. The van der Waals surface area contributed by atoms with Crippen molar-refractivity contribution in [2.75, 3.05) is 0 Å². The number of carbonyl (C=O) groups excluding carboxylic acids is 1. The molecule has 6 heteroatoms. The van der Waals surface area contributed by atoms with E-state index in [1.807, 2.05) is 26.0 Å². The number of nitrogens with one attached hydrogen (secondary N) is 2. The summed E-state index contributed by atoms with van der Waals surface area (Å²) < 4.78 is 5.22. The third-order valence-corrected chi connectivity index (χ3v) is 3.31. The van der Waals surface area contributed by atoms with Crippen LogP contribution in [0, 0.1) is 20.8 Å². The van der Waals surface area contributed by atoms with E-state index in [0.29, 0.717) is 30.4 Å². The quantitative estimate of drug-likeness (QED) is 0.650. The van der Waals surface area contributed by atoms with Crippen molar-refractivity contribution in [3.8, 4) is 5.75 Å². The topological polar surface area (TPSA) is 84.1 Å². The molecule has 0 spiro atoms. The summed E-state index contributed by atoms with van der Waals surface area (Å²) in [6.07, 6.45) is 0. The van der Waals surface area contributed by atoms with Crippen LogP contribution in [0.3, 0.4) is 0 Å². The second-order valence-electron chi connectivity index (χ2n) is 5.59. The minimum atomic E-state index is -0.323. The lowest BCUT2D eigenvalue weighted by atomic mass is 10.1. The Morgan fingerprint density at radius 1 is 1.17 bits per heavy atom. The average molecular weight is 315 g/mol. The van der Waals surface area contributed by atoms with E-state index < -0.39 is 0 Å².